The number of pyridine rings is 1. The minimum atomic E-state index is 0.237. The van der Waals surface area contributed by atoms with Gasteiger partial charge < -0.3 is 5.73 Å². The SMILES string of the molecule is NC1CCc2cc(-c3ccncc3)ccc21. The highest BCUT2D eigenvalue weighted by molar-refractivity contribution is 5.64. The van der Waals surface area contributed by atoms with Crippen LogP contribution in [0, 0.1) is 0 Å². The Labute approximate surface area is 95.1 Å². The van der Waals surface area contributed by atoms with E-state index in [0.717, 1.165) is 12.8 Å². The second kappa shape index (κ2) is 3.72. The van der Waals surface area contributed by atoms with E-state index in [0.29, 0.717) is 0 Å². The van der Waals surface area contributed by atoms with Crippen LogP contribution in [0.15, 0.2) is 42.7 Å². The fourth-order valence-electron chi connectivity index (χ4n) is 2.37. The molecule has 80 valence electrons. The summed E-state index contributed by atoms with van der Waals surface area (Å²) in [6.07, 6.45) is 5.84. The Kier molecular flexibility index (Phi) is 2.22. The van der Waals surface area contributed by atoms with Gasteiger partial charge in [-0.05, 0) is 47.2 Å². The second-order valence-corrected chi connectivity index (χ2v) is 4.29. The lowest BCUT2D eigenvalue weighted by atomic mass is 10.0. The Balaban J connectivity index is 2.06. The predicted octanol–water partition coefficient (Wildman–Crippen LogP) is 2.69. The number of fused-ring (bicyclic) bond motifs is 1. The molecule has 1 aromatic heterocycles. The monoisotopic (exact) mass is 210 g/mol. The molecule has 0 fully saturated rings. The van der Waals surface area contributed by atoms with Gasteiger partial charge in [0.1, 0.15) is 0 Å². The van der Waals surface area contributed by atoms with Crippen LogP contribution in [0.5, 0.6) is 0 Å². The van der Waals surface area contributed by atoms with Crippen LogP contribution in [-0.4, -0.2) is 4.98 Å². The van der Waals surface area contributed by atoms with Crippen LogP contribution in [0.1, 0.15) is 23.6 Å². The van der Waals surface area contributed by atoms with E-state index in [1.165, 1.54) is 22.3 Å². The summed E-state index contributed by atoms with van der Waals surface area (Å²) in [4.78, 5) is 4.04. The summed E-state index contributed by atoms with van der Waals surface area (Å²) in [5, 5.41) is 0. The highest BCUT2D eigenvalue weighted by Gasteiger charge is 2.18. The molecule has 16 heavy (non-hydrogen) atoms. The minimum absolute atomic E-state index is 0.237. The van der Waals surface area contributed by atoms with Gasteiger partial charge in [0.2, 0.25) is 0 Å². The normalized spacial score (nSPS) is 18.4. The van der Waals surface area contributed by atoms with Crippen LogP contribution >= 0.6 is 0 Å². The molecule has 2 aromatic rings. The van der Waals surface area contributed by atoms with Crippen molar-refractivity contribution in [1.29, 1.82) is 0 Å². The fourth-order valence-corrected chi connectivity index (χ4v) is 2.37. The van der Waals surface area contributed by atoms with E-state index in [1.807, 2.05) is 24.5 Å². The van der Waals surface area contributed by atoms with Gasteiger partial charge in [-0.3, -0.25) is 4.98 Å². The Bertz CT molecular complexity index is 505. The smallest absolute Gasteiger partial charge is 0.0300 e. The number of nitrogens with two attached hydrogens (primary N) is 1. The van der Waals surface area contributed by atoms with Gasteiger partial charge in [0, 0.05) is 18.4 Å². The number of hydrogen-bond donors (Lipinski definition) is 1. The highest BCUT2D eigenvalue weighted by Crippen LogP contribution is 2.32. The first-order valence-corrected chi connectivity index (χ1v) is 5.63. The molecule has 0 amide bonds. The summed E-state index contributed by atoms with van der Waals surface area (Å²) in [7, 11) is 0. The van der Waals surface area contributed by atoms with Crippen LogP contribution < -0.4 is 5.73 Å². The molecule has 0 saturated carbocycles. The zero-order chi connectivity index (χ0) is 11.0. The molecule has 0 saturated heterocycles. The molecule has 0 bridgehead atoms. The Hall–Kier alpha value is -1.67. The quantitative estimate of drug-likeness (QED) is 0.786. The van der Waals surface area contributed by atoms with E-state index in [4.69, 9.17) is 5.73 Å². The second-order valence-electron chi connectivity index (χ2n) is 4.29. The highest BCUT2D eigenvalue weighted by atomic mass is 14.6. The standard InChI is InChI=1S/C14H14N2/c15-14-4-2-12-9-11(1-3-13(12)14)10-5-7-16-8-6-10/h1,3,5-9,14H,2,4,15H2. The van der Waals surface area contributed by atoms with E-state index in [-0.39, 0.29) is 6.04 Å². The first-order valence-electron chi connectivity index (χ1n) is 5.63. The van der Waals surface area contributed by atoms with Crippen molar-refractivity contribution >= 4 is 0 Å². The van der Waals surface area contributed by atoms with Gasteiger partial charge in [-0.15, -0.1) is 0 Å². The van der Waals surface area contributed by atoms with Gasteiger partial charge in [0.05, 0.1) is 0 Å². The van der Waals surface area contributed by atoms with E-state index >= 15 is 0 Å². The van der Waals surface area contributed by atoms with E-state index in [9.17, 15) is 0 Å². The maximum absolute atomic E-state index is 6.03. The van der Waals surface area contributed by atoms with Crippen LogP contribution in [0.25, 0.3) is 11.1 Å². The van der Waals surface area contributed by atoms with Gasteiger partial charge in [-0.25, -0.2) is 0 Å². The molecule has 0 aliphatic heterocycles. The van der Waals surface area contributed by atoms with Crippen LogP contribution in [-0.2, 0) is 6.42 Å². The molecule has 3 rings (SSSR count). The molecule has 1 unspecified atom stereocenters. The van der Waals surface area contributed by atoms with Crippen molar-refractivity contribution in [2.24, 2.45) is 5.73 Å². The van der Waals surface area contributed by atoms with Crippen molar-refractivity contribution in [3.63, 3.8) is 0 Å². The topological polar surface area (TPSA) is 38.9 Å². The van der Waals surface area contributed by atoms with Gasteiger partial charge >= 0.3 is 0 Å². The lowest BCUT2D eigenvalue weighted by Gasteiger charge is -2.07. The van der Waals surface area contributed by atoms with E-state index in [2.05, 4.69) is 23.2 Å². The first-order chi connectivity index (χ1) is 7.84. The van der Waals surface area contributed by atoms with Crippen molar-refractivity contribution in [1.82, 2.24) is 4.98 Å². The number of rotatable bonds is 1. The maximum atomic E-state index is 6.03. The van der Waals surface area contributed by atoms with Crippen LogP contribution in [0.4, 0.5) is 0 Å². The Morgan fingerprint density at radius 3 is 2.69 bits per heavy atom. The van der Waals surface area contributed by atoms with Crippen molar-refractivity contribution < 1.29 is 0 Å². The number of aryl methyl sites for hydroxylation is 1. The third kappa shape index (κ3) is 1.51. The van der Waals surface area contributed by atoms with Crippen molar-refractivity contribution in [3.05, 3.63) is 53.9 Å². The van der Waals surface area contributed by atoms with Crippen molar-refractivity contribution in [3.8, 4) is 11.1 Å². The molecule has 1 aromatic carbocycles. The molecule has 0 spiro atoms. The summed E-state index contributed by atoms with van der Waals surface area (Å²) in [5.41, 5.74) is 11.2. The Morgan fingerprint density at radius 1 is 1.06 bits per heavy atom. The van der Waals surface area contributed by atoms with Gasteiger partial charge in [-0.2, -0.15) is 0 Å². The average molecular weight is 210 g/mol. The molecule has 2 nitrogen and oxygen atoms in total. The molecule has 1 atom stereocenters. The largest absolute Gasteiger partial charge is 0.324 e. The zero-order valence-electron chi connectivity index (χ0n) is 9.06. The van der Waals surface area contributed by atoms with Crippen LogP contribution in [0.2, 0.25) is 0 Å². The van der Waals surface area contributed by atoms with Gasteiger partial charge in [0.25, 0.3) is 0 Å². The number of nitrogens with zero attached hydrogens (tertiary/aromatic N) is 1. The molecule has 1 aliphatic carbocycles. The van der Waals surface area contributed by atoms with Gasteiger partial charge in [-0.1, -0.05) is 18.2 Å². The molecule has 0 radical (unpaired) electrons. The molecule has 2 heteroatoms. The summed E-state index contributed by atoms with van der Waals surface area (Å²) in [6.45, 7) is 0. The van der Waals surface area contributed by atoms with E-state index in [1.54, 1.807) is 0 Å². The predicted molar refractivity (Wildman–Crippen MR) is 64.9 cm³/mol. The first kappa shape index (κ1) is 9.55. The molecule has 1 heterocycles. The summed E-state index contributed by atoms with van der Waals surface area (Å²) in [5.74, 6) is 0. The van der Waals surface area contributed by atoms with Crippen molar-refractivity contribution in [2.45, 2.75) is 18.9 Å². The summed E-state index contributed by atoms with van der Waals surface area (Å²) >= 11 is 0. The summed E-state index contributed by atoms with van der Waals surface area (Å²) < 4.78 is 0. The number of aromatic nitrogens is 1. The third-order valence-electron chi connectivity index (χ3n) is 3.28. The number of hydrogen-bond acceptors (Lipinski definition) is 2. The lowest BCUT2D eigenvalue weighted by Crippen LogP contribution is -2.04. The Morgan fingerprint density at radius 2 is 1.88 bits per heavy atom. The maximum Gasteiger partial charge on any atom is 0.0300 e. The molecular formula is C14H14N2. The lowest BCUT2D eigenvalue weighted by molar-refractivity contribution is 0.713. The van der Waals surface area contributed by atoms with Crippen LogP contribution in [0.3, 0.4) is 0 Å². The average Bonchev–Trinajstić information content (AvgIpc) is 2.72. The summed E-state index contributed by atoms with van der Waals surface area (Å²) in [6, 6.07) is 10.9. The fraction of sp³-hybridized carbons (Fsp3) is 0.214. The minimum Gasteiger partial charge on any atom is -0.324 e. The molecular weight excluding hydrogens is 196 g/mol. The molecule has 2 N–H and O–H groups in total. The third-order valence-corrected chi connectivity index (χ3v) is 3.28. The molecule has 1 aliphatic rings. The zero-order valence-corrected chi connectivity index (χ0v) is 9.06. The van der Waals surface area contributed by atoms with Gasteiger partial charge in [0.15, 0.2) is 0 Å². The number of benzene rings is 1. The van der Waals surface area contributed by atoms with Crippen molar-refractivity contribution in [2.75, 3.05) is 0 Å². The van der Waals surface area contributed by atoms with E-state index < -0.39 is 0 Å².